The first kappa shape index (κ1) is 16.2. The van der Waals surface area contributed by atoms with E-state index in [-0.39, 0.29) is 11.9 Å². The lowest BCUT2D eigenvalue weighted by molar-refractivity contribution is 0.0950. The zero-order valence-electron chi connectivity index (χ0n) is 14.2. The van der Waals surface area contributed by atoms with E-state index in [2.05, 4.69) is 30.3 Å². The smallest absolute Gasteiger partial charge is 0.252 e. The average molecular weight is 349 g/mol. The van der Waals surface area contributed by atoms with Gasteiger partial charge in [0.1, 0.15) is 0 Å². The molecule has 1 aliphatic rings. The maximum atomic E-state index is 12.2. The van der Waals surface area contributed by atoms with E-state index in [4.69, 9.17) is 0 Å². The predicted molar refractivity (Wildman–Crippen MR) is 95.5 cm³/mol. The first-order valence-electron chi connectivity index (χ1n) is 8.54. The molecule has 8 heteroatoms. The number of pyridine rings is 1. The summed E-state index contributed by atoms with van der Waals surface area (Å²) in [5, 5.41) is 7.40. The van der Waals surface area contributed by atoms with Crippen LogP contribution in [0.4, 0.5) is 5.95 Å². The number of aromatic nitrogens is 5. The molecule has 1 aliphatic heterocycles. The van der Waals surface area contributed by atoms with Crippen molar-refractivity contribution in [3.63, 3.8) is 0 Å². The van der Waals surface area contributed by atoms with Crippen LogP contribution < -0.4 is 10.2 Å². The normalized spacial score (nSPS) is 16.2. The highest BCUT2D eigenvalue weighted by atomic mass is 16.1. The van der Waals surface area contributed by atoms with E-state index < -0.39 is 0 Å². The van der Waals surface area contributed by atoms with E-state index in [1.807, 2.05) is 23.0 Å². The molecule has 3 aromatic heterocycles. The van der Waals surface area contributed by atoms with Gasteiger partial charge < -0.3 is 10.2 Å². The molecule has 0 saturated carbocycles. The SMILES string of the molecule is O=C(NCCC1CN(c2ncccn2)Cc2ccnn21)c1cccnc1. The van der Waals surface area contributed by atoms with E-state index in [1.54, 1.807) is 36.9 Å². The molecule has 8 nitrogen and oxygen atoms in total. The van der Waals surface area contributed by atoms with Crippen molar-refractivity contribution in [2.24, 2.45) is 0 Å². The third-order valence-corrected chi connectivity index (χ3v) is 4.40. The van der Waals surface area contributed by atoms with Crippen LogP contribution in [0.2, 0.25) is 0 Å². The monoisotopic (exact) mass is 349 g/mol. The number of hydrogen-bond acceptors (Lipinski definition) is 6. The predicted octanol–water partition coefficient (Wildman–Crippen LogP) is 1.45. The van der Waals surface area contributed by atoms with Crippen molar-refractivity contribution in [2.45, 2.75) is 19.0 Å². The molecule has 0 radical (unpaired) electrons. The summed E-state index contributed by atoms with van der Waals surface area (Å²) in [5.74, 6) is 0.599. The first-order chi connectivity index (χ1) is 12.8. The maximum absolute atomic E-state index is 12.2. The summed E-state index contributed by atoms with van der Waals surface area (Å²) in [6.07, 6.45) is 9.29. The zero-order valence-corrected chi connectivity index (χ0v) is 14.2. The summed E-state index contributed by atoms with van der Waals surface area (Å²) in [4.78, 5) is 27.0. The van der Waals surface area contributed by atoms with Crippen LogP contribution in [-0.2, 0) is 6.54 Å². The van der Waals surface area contributed by atoms with Crippen LogP contribution >= 0.6 is 0 Å². The van der Waals surface area contributed by atoms with Crippen LogP contribution in [0.15, 0.2) is 55.2 Å². The summed E-state index contributed by atoms with van der Waals surface area (Å²) in [6.45, 7) is 2.03. The van der Waals surface area contributed by atoms with Crippen LogP contribution in [-0.4, -0.2) is 43.7 Å². The molecule has 4 heterocycles. The van der Waals surface area contributed by atoms with Gasteiger partial charge >= 0.3 is 0 Å². The highest BCUT2D eigenvalue weighted by Crippen LogP contribution is 2.25. The second-order valence-electron chi connectivity index (χ2n) is 6.14. The van der Waals surface area contributed by atoms with Gasteiger partial charge in [0.25, 0.3) is 5.91 Å². The van der Waals surface area contributed by atoms with Crippen LogP contribution in [0.25, 0.3) is 0 Å². The van der Waals surface area contributed by atoms with Crippen molar-refractivity contribution in [1.82, 2.24) is 30.0 Å². The van der Waals surface area contributed by atoms with Gasteiger partial charge in [0.2, 0.25) is 5.95 Å². The standard InChI is InChI=1S/C18H19N7O/c26-17(14-3-1-6-19-11-14)20-9-4-15-12-24(18-21-7-2-8-22-18)13-16-5-10-23-25(15)16/h1-3,5-8,10-11,15H,4,9,12-13H2,(H,20,26). The highest BCUT2D eigenvalue weighted by Gasteiger charge is 2.26. The van der Waals surface area contributed by atoms with E-state index in [9.17, 15) is 4.79 Å². The number of carbonyl (C=O) groups is 1. The summed E-state index contributed by atoms with van der Waals surface area (Å²) in [6, 6.07) is 7.47. The summed E-state index contributed by atoms with van der Waals surface area (Å²) in [5.41, 5.74) is 1.68. The summed E-state index contributed by atoms with van der Waals surface area (Å²) < 4.78 is 2.04. The van der Waals surface area contributed by atoms with Crippen molar-refractivity contribution in [3.05, 3.63) is 66.5 Å². The molecule has 1 atom stereocenters. The minimum absolute atomic E-state index is 0.113. The van der Waals surface area contributed by atoms with Crippen molar-refractivity contribution < 1.29 is 4.79 Å². The molecular formula is C18H19N7O. The number of rotatable bonds is 5. The van der Waals surface area contributed by atoms with Crippen molar-refractivity contribution in [1.29, 1.82) is 0 Å². The first-order valence-corrected chi connectivity index (χ1v) is 8.54. The van der Waals surface area contributed by atoms with Gasteiger partial charge in [-0.3, -0.25) is 14.5 Å². The molecule has 26 heavy (non-hydrogen) atoms. The average Bonchev–Trinajstić information content (AvgIpc) is 3.18. The lowest BCUT2D eigenvalue weighted by Gasteiger charge is -2.34. The van der Waals surface area contributed by atoms with Gasteiger partial charge in [-0.1, -0.05) is 0 Å². The van der Waals surface area contributed by atoms with Gasteiger partial charge in [0.05, 0.1) is 23.8 Å². The number of amides is 1. The molecule has 0 spiro atoms. The van der Waals surface area contributed by atoms with Crippen LogP contribution in [0.3, 0.4) is 0 Å². The molecule has 1 amide bonds. The number of anilines is 1. The van der Waals surface area contributed by atoms with Crippen molar-refractivity contribution in [3.8, 4) is 0 Å². The fourth-order valence-electron chi connectivity index (χ4n) is 3.16. The highest BCUT2D eigenvalue weighted by molar-refractivity contribution is 5.93. The Balaban J connectivity index is 1.42. The summed E-state index contributed by atoms with van der Waals surface area (Å²) >= 11 is 0. The Bertz CT molecular complexity index is 866. The zero-order chi connectivity index (χ0) is 17.8. The van der Waals surface area contributed by atoms with Gasteiger partial charge in [0.15, 0.2) is 0 Å². The van der Waals surface area contributed by atoms with E-state index in [0.29, 0.717) is 18.1 Å². The Morgan fingerprint density at radius 1 is 1.15 bits per heavy atom. The van der Waals surface area contributed by atoms with E-state index in [1.165, 1.54) is 0 Å². The quantitative estimate of drug-likeness (QED) is 0.750. The molecule has 1 N–H and O–H groups in total. The Morgan fingerprint density at radius 2 is 2.04 bits per heavy atom. The van der Waals surface area contributed by atoms with Crippen molar-refractivity contribution in [2.75, 3.05) is 18.0 Å². The number of fused-ring (bicyclic) bond motifs is 1. The van der Waals surface area contributed by atoms with Crippen LogP contribution in [0.1, 0.15) is 28.5 Å². The lowest BCUT2D eigenvalue weighted by atomic mass is 10.1. The van der Waals surface area contributed by atoms with E-state index >= 15 is 0 Å². The second-order valence-corrected chi connectivity index (χ2v) is 6.14. The Kier molecular flexibility index (Phi) is 4.55. The second kappa shape index (κ2) is 7.30. The van der Waals surface area contributed by atoms with Gasteiger partial charge in [-0.25, -0.2) is 9.97 Å². The molecule has 132 valence electrons. The largest absolute Gasteiger partial charge is 0.352 e. The summed E-state index contributed by atoms with van der Waals surface area (Å²) in [7, 11) is 0. The number of hydrogen-bond donors (Lipinski definition) is 1. The van der Waals surface area contributed by atoms with Gasteiger partial charge in [-0.2, -0.15) is 5.10 Å². The molecular weight excluding hydrogens is 330 g/mol. The Labute approximate surface area is 150 Å². The lowest BCUT2D eigenvalue weighted by Crippen LogP contribution is -2.40. The number of carbonyl (C=O) groups excluding carboxylic acids is 1. The minimum Gasteiger partial charge on any atom is -0.352 e. The number of nitrogens with zero attached hydrogens (tertiary/aromatic N) is 6. The molecule has 1 unspecified atom stereocenters. The maximum Gasteiger partial charge on any atom is 0.252 e. The molecule has 3 aromatic rings. The fraction of sp³-hybridized carbons (Fsp3) is 0.278. The van der Waals surface area contributed by atoms with Crippen LogP contribution in [0.5, 0.6) is 0 Å². The molecule has 0 aromatic carbocycles. The Morgan fingerprint density at radius 3 is 2.85 bits per heavy atom. The minimum atomic E-state index is -0.113. The molecule has 0 saturated heterocycles. The molecule has 0 bridgehead atoms. The van der Waals surface area contributed by atoms with Crippen LogP contribution in [0, 0.1) is 0 Å². The third kappa shape index (κ3) is 3.39. The number of nitrogens with one attached hydrogen (secondary N) is 1. The van der Waals surface area contributed by atoms with Gasteiger partial charge in [-0.05, 0) is 30.7 Å². The molecule has 4 rings (SSSR count). The van der Waals surface area contributed by atoms with Gasteiger partial charge in [-0.15, -0.1) is 0 Å². The van der Waals surface area contributed by atoms with Gasteiger partial charge in [0, 0.05) is 44.1 Å². The topological polar surface area (TPSA) is 88.8 Å². The van der Waals surface area contributed by atoms with Crippen molar-refractivity contribution >= 4 is 11.9 Å². The Hall–Kier alpha value is -3.29. The molecule has 0 aliphatic carbocycles. The third-order valence-electron chi connectivity index (χ3n) is 4.40. The molecule has 0 fully saturated rings. The fourth-order valence-corrected chi connectivity index (χ4v) is 3.16. The van der Waals surface area contributed by atoms with E-state index in [0.717, 1.165) is 25.2 Å².